The van der Waals surface area contributed by atoms with Crippen molar-refractivity contribution in [1.29, 1.82) is 0 Å². The van der Waals surface area contributed by atoms with Crippen molar-refractivity contribution >= 4 is 51.7 Å². The molecule has 0 radical (unpaired) electrons. The van der Waals surface area contributed by atoms with Crippen LogP contribution < -0.4 is 5.32 Å². The lowest BCUT2D eigenvalue weighted by molar-refractivity contribution is 1.11. The SMILES string of the molecule is Clc1ccc(CNc2cccc(-c3c[nH]c4ncc(Cl)cc34)n2)c(Cl)c1.[HH].[HH]. The van der Waals surface area contributed by atoms with Gasteiger partial charge >= 0.3 is 0 Å². The van der Waals surface area contributed by atoms with Crippen molar-refractivity contribution < 1.29 is 2.85 Å². The van der Waals surface area contributed by atoms with E-state index in [1.54, 1.807) is 12.3 Å². The summed E-state index contributed by atoms with van der Waals surface area (Å²) in [5, 5.41) is 6.05. The molecule has 0 fully saturated rings. The number of aromatic nitrogens is 3. The highest BCUT2D eigenvalue weighted by atomic mass is 35.5. The Kier molecular flexibility index (Phi) is 4.72. The van der Waals surface area contributed by atoms with Gasteiger partial charge < -0.3 is 10.3 Å². The van der Waals surface area contributed by atoms with Crippen LogP contribution in [0.5, 0.6) is 0 Å². The number of nitrogens with zero attached hydrogens (tertiary/aromatic N) is 2. The number of anilines is 1. The lowest BCUT2D eigenvalue weighted by atomic mass is 10.1. The fraction of sp³-hybridized carbons (Fsp3) is 0.0526. The Morgan fingerprint density at radius 3 is 2.77 bits per heavy atom. The first kappa shape index (κ1) is 17.2. The zero-order chi connectivity index (χ0) is 18.1. The standard InChI is InChI=1S/C19H13Cl3N4.2H2/c20-12-5-4-11(16(22)7-12)8-23-18-3-1-2-17(26-18)15-10-25-19-14(15)6-13(21)9-24-19;;/h1-7,9-10H,8H2,(H,23,26)(H,24,25);2*1H. The third kappa shape index (κ3) is 3.49. The molecule has 0 bridgehead atoms. The van der Waals surface area contributed by atoms with Crippen molar-refractivity contribution in [3.8, 4) is 11.3 Å². The third-order valence-corrected chi connectivity index (χ3v) is 4.79. The minimum absolute atomic E-state index is 0. The smallest absolute Gasteiger partial charge is 0.138 e. The number of fused-ring (bicyclic) bond motifs is 1. The average Bonchev–Trinajstić information content (AvgIpc) is 3.04. The van der Waals surface area contributed by atoms with Crippen molar-refractivity contribution in [3.63, 3.8) is 0 Å². The summed E-state index contributed by atoms with van der Waals surface area (Å²) in [6.45, 7) is 0.549. The molecule has 0 unspecified atom stereocenters. The first-order valence-electron chi connectivity index (χ1n) is 7.88. The first-order valence-corrected chi connectivity index (χ1v) is 9.01. The molecule has 26 heavy (non-hydrogen) atoms. The highest BCUT2D eigenvalue weighted by Crippen LogP contribution is 2.29. The largest absolute Gasteiger partial charge is 0.366 e. The van der Waals surface area contributed by atoms with Crippen LogP contribution in [-0.4, -0.2) is 15.0 Å². The normalized spacial score (nSPS) is 11.0. The van der Waals surface area contributed by atoms with E-state index in [9.17, 15) is 0 Å². The number of nitrogens with one attached hydrogen (secondary N) is 2. The fourth-order valence-electron chi connectivity index (χ4n) is 2.72. The van der Waals surface area contributed by atoms with E-state index in [4.69, 9.17) is 34.8 Å². The van der Waals surface area contributed by atoms with Gasteiger partial charge in [-0.1, -0.05) is 46.9 Å². The number of pyridine rings is 2. The van der Waals surface area contributed by atoms with Crippen molar-refractivity contribution in [3.05, 3.63) is 75.5 Å². The van der Waals surface area contributed by atoms with Gasteiger partial charge in [0.05, 0.1) is 10.7 Å². The predicted octanol–water partition coefficient (Wildman–Crippen LogP) is 6.69. The summed E-state index contributed by atoms with van der Waals surface area (Å²) in [7, 11) is 0. The van der Waals surface area contributed by atoms with Gasteiger partial charge in [0.1, 0.15) is 11.5 Å². The number of hydrogen-bond donors (Lipinski definition) is 2. The topological polar surface area (TPSA) is 53.6 Å². The molecular formula is C19H17Cl3N4. The molecule has 4 aromatic rings. The molecule has 0 spiro atoms. The molecule has 3 heterocycles. The molecule has 0 aliphatic heterocycles. The molecule has 0 saturated carbocycles. The average molecular weight is 408 g/mol. The van der Waals surface area contributed by atoms with Gasteiger partial charge in [0.25, 0.3) is 0 Å². The fourth-order valence-corrected chi connectivity index (χ4v) is 3.36. The van der Waals surface area contributed by atoms with Crippen LogP contribution in [-0.2, 0) is 6.54 Å². The maximum atomic E-state index is 6.22. The van der Waals surface area contributed by atoms with Gasteiger partial charge in [-0.3, -0.25) is 0 Å². The van der Waals surface area contributed by atoms with E-state index in [1.165, 1.54) is 0 Å². The highest BCUT2D eigenvalue weighted by molar-refractivity contribution is 6.35. The third-order valence-electron chi connectivity index (χ3n) is 4.00. The molecule has 0 saturated heterocycles. The first-order chi connectivity index (χ1) is 12.6. The van der Waals surface area contributed by atoms with Gasteiger partial charge in [0.15, 0.2) is 0 Å². The Morgan fingerprint density at radius 1 is 1.04 bits per heavy atom. The summed E-state index contributed by atoms with van der Waals surface area (Å²) < 4.78 is 0. The Balaban J connectivity index is 0.00000140. The van der Waals surface area contributed by atoms with Crippen LogP contribution in [0.2, 0.25) is 15.1 Å². The van der Waals surface area contributed by atoms with Crippen LogP contribution in [0.1, 0.15) is 8.42 Å². The van der Waals surface area contributed by atoms with Crippen LogP contribution in [0.25, 0.3) is 22.3 Å². The van der Waals surface area contributed by atoms with Gasteiger partial charge in [-0.15, -0.1) is 0 Å². The molecule has 0 aliphatic carbocycles. The van der Waals surface area contributed by atoms with Crippen molar-refractivity contribution in [2.75, 3.05) is 5.32 Å². The lowest BCUT2D eigenvalue weighted by Gasteiger charge is -2.09. The summed E-state index contributed by atoms with van der Waals surface area (Å²) in [5.41, 5.74) is 3.50. The molecule has 3 aromatic heterocycles. The molecule has 134 valence electrons. The predicted molar refractivity (Wildman–Crippen MR) is 112 cm³/mol. The van der Waals surface area contributed by atoms with Gasteiger partial charge in [-0.2, -0.15) is 0 Å². The zero-order valence-electron chi connectivity index (χ0n) is 13.4. The van der Waals surface area contributed by atoms with E-state index >= 15 is 0 Å². The number of hydrogen-bond acceptors (Lipinski definition) is 3. The van der Waals surface area contributed by atoms with Gasteiger partial charge in [-0.25, -0.2) is 9.97 Å². The van der Waals surface area contributed by atoms with Gasteiger partial charge in [0.2, 0.25) is 0 Å². The van der Waals surface area contributed by atoms with Crippen LogP contribution in [0.15, 0.2) is 54.9 Å². The van der Waals surface area contributed by atoms with Crippen LogP contribution in [0, 0.1) is 0 Å². The Morgan fingerprint density at radius 2 is 1.92 bits per heavy atom. The van der Waals surface area contributed by atoms with Crippen molar-refractivity contribution in [2.45, 2.75) is 6.54 Å². The van der Waals surface area contributed by atoms with Crippen LogP contribution in [0.4, 0.5) is 5.82 Å². The molecular weight excluding hydrogens is 391 g/mol. The van der Waals surface area contributed by atoms with Crippen LogP contribution >= 0.6 is 34.8 Å². The molecule has 2 N–H and O–H groups in total. The Labute approximate surface area is 168 Å². The van der Waals surface area contributed by atoms with Gasteiger partial charge in [-0.05, 0) is 35.9 Å². The zero-order valence-corrected chi connectivity index (χ0v) is 15.7. The second kappa shape index (κ2) is 7.16. The van der Waals surface area contributed by atoms with E-state index in [2.05, 4.69) is 20.3 Å². The molecule has 0 atom stereocenters. The Hall–Kier alpha value is -2.27. The molecule has 4 nitrogen and oxygen atoms in total. The van der Waals surface area contributed by atoms with Crippen LogP contribution in [0.3, 0.4) is 0 Å². The minimum Gasteiger partial charge on any atom is -0.366 e. The number of H-pyrrole nitrogens is 1. The van der Waals surface area contributed by atoms with Crippen molar-refractivity contribution in [1.82, 2.24) is 15.0 Å². The number of aromatic amines is 1. The van der Waals surface area contributed by atoms with Crippen molar-refractivity contribution in [2.24, 2.45) is 0 Å². The maximum Gasteiger partial charge on any atom is 0.138 e. The van der Waals surface area contributed by atoms with Gasteiger partial charge in [0, 0.05) is 42.8 Å². The van der Waals surface area contributed by atoms with E-state index < -0.39 is 0 Å². The molecule has 4 rings (SSSR count). The Bertz CT molecular complexity index is 1100. The summed E-state index contributed by atoms with van der Waals surface area (Å²) in [6.07, 6.45) is 3.50. The summed E-state index contributed by atoms with van der Waals surface area (Å²) in [4.78, 5) is 12.1. The second-order valence-electron chi connectivity index (χ2n) is 5.75. The van der Waals surface area contributed by atoms with E-state index in [-0.39, 0.29) is 2.85 Å². The highest BCUT2D eigenvalue weighted by Gasteiger charge is 2.10. The summed E-state index contributed by atoms with van der Waals surface area (Å²) in [5.74, 6) is 0.748. The summed E-state index contributed by atoms with van der Waals surface area (Å²) in [6, 6.07) is 13.1. The molecule has 1 aromatic carbocycles. The van der Waals surface area contributed by atoms with E-state index in [1.807, 2.05) is 42.6 Å². The molecule has 0 aliphatic rings. The monoisotopic (exact) mass is 406 g/mol. The second-order valence-corrected chi connectivity index (χ2v) is 7.03. The lowest BCUT2D eigenvalue weighted by Crippen LogP contribution is -2.02. The molecule has 0 amide bonds. The van der Waals surface area contributed by atoms with E-state index in [0.717, 1.165) is 33.7 Å². The molecule has 7 heteroatoms. The maximum absolute atomic E-state index is 6.22. The number of benzene rings is 1. The van der Waals surface area contributed by atoms with E-state index in [0.29, 0.717) is 21.6 Å². The minimum atomic E-state index is 0. The number of rotatable bonds is 4. The number of halogens is 3. The summed E-state index contributed by atoms with van der Waals surface area (Å²) >= 11 is 18.2. The quantitative estimate of drug-likeness (QED) is 0.396.